The topological polar surface area (TPSA) is 100 Å². The highest BCUT2D eigenvalue weighted by Gasteiger charge is 1.84. The normalized spacial score (nSPS) is 8.00. The fourth-order valence-corrected chi connectivity index (χ4v) is 0.284. The Hall–Kier alpha value is -1.75. The molecule has 1 heterocycles. The first kappa shape index (κ1) is 5.39. The Labute approximate surface area is 49.3 Å². The van der Waals surface area contributed by atoms with E-state index >= 15 is 0 Å². The van der Waals surface area contributed by atoms with Crippen molar-refractivity contribution in [3.63, 3.8) is 0 Å². The summed E-state index contributed by atoms with van der Waals surface area (Å²) in [6.45, 7) is 0. The van der Waals surface area contributed by atoms with Gasteiger partial charge in [0.05, 0.1) is 6.20 Å². The average Bonchev–Trinajstić information content (AvgIpc) is 1.91. The van der Waals surface area contributed by atoms with Crippen LogP contribution in [0.15, 0.2) is 11.3 Å². The van der Waals surface area contributed by atoms with Crippen molar-refractivity contribution in [2.75, 3.05) is 0 Å². The highest BCUT2D eigenvalue weighted by molar-refractivity contribution is 5.16. The van der Waals surface area contributed by atoms with E-state index < -0.39 is 0 Å². The van der Waals surface area contributed by atoms with E-state index in [1.165, 1.54) is 6.20 Å². The van der Waals surface area contributed by atoms with Crippen molar-refractivity contribution in [2.24, 2.45) is 5.11 Å². The molecule has 0 aromatic carbocycles. The molecule has 1 aromatic heterocycles. The molecule has 0 aliphatic heterocycles. The lowest BCUT2D eigenvalue weighted by Crippen LogP contribution is -1.86. The maximum atomic E-state index is 7.86. The lowest BCUT2D eigenvalue weighted by molar-refractivity contribution is 0.762. The molecule has 0 spiro atoms. The van der Waals surface area contributed by atoms with Crippen molar-refractivity contribution in [2.45, 2.75) is 0 Å². The van der Waals surface area contributed by atoms with Crippen LogP contribution in [-0.4, -0.2) is 20.6 Å². The first-order valence-electron chi connectivity index (χ1n) is 1.99. The summed E-state index contributed by atoms with van der Waals surface area (Å²) < 4.78 is 0. The van der Waals surface area contributed by atoms with Gasteiger partial charge in [-0.05, 0) is 21.1 Å². The fraction of sp³-hybridized carbons (Fsp3) is 0. The Morgan fingerprint density at radius 3 is 3.00 bits per heavy atom. The first-order valence-corrected chi connectivity index (χ1v) is 1.99. The van der Waals surface area contributed by atoms with Gasteiger partial charge in [0.1, 0.15) is 0 Å². The summed E-state index contributed by atoms with van der Waals surface area (Å²) >= 11 is 0. The van der Waals surface area contributed by atoms with Crippen LogP contribution in [-0.2, 0) is 0 Å². The molecule has 0 N–H and O–H groups in total. The van der Waals surface area contributed by atoms with Gasteiger partial charge in [0.25, 0.3) is 0 Å². The SMILES string of the molecule is [N-]=[N+]=Nc1cnnnn1. The van der Waals surface area contributed by atoms with Crippen LogP contribution in [0.2, 0.25) is 0 Å². The Bertz CT molecular complexity index is 222. The Morgan fingerprint density at radius 1 is 1.56 bits per heavy atom. The molecule has 0 unspecified atom stereocenters. The van der Waals surface area contributed by atoms with Gasteiger partial charge >= 0.3 is 0 Å². The number of azide groups is 1. The minimum atomic E-state index is 0.118. The van der Waals surface area contributed by atoms with Gasteiger partial charge in [-0.25, -0.2) is 0 Å². The molecule has 0 radical (unpaired) electrons. The molecule has 9 heavy (non-hydrogen) atoms. The maximum absolute atomic E-state index is 7.86. The minimum absolute atomic E-state index is 0.118. The van der Waals surface area contributed by atoms with Crippen molar-refractivity contribution in [3.05, 3.63) is 16.6 Å². The first-order chi connectivity index (χ1) is 4.43. The van der Waals surface area contributed by atoms with Gasteiger partial charge in [0.15, 0.2) is 5.82 Å². The molecule has 0 aliphatic rings. The molecule has 0 aliphatic carbocycles. The number of rotatable bonds is 1. The Balaban J connectivity index is 2.97. The standard InChI is InChI=1S/C2HN7/c3-7-5-2-1-4-8-9-6-2/h1H. The molecule has 0 fully saturated rings. The molecule has 44 valence electrons. The monoisotopic (exact) mass is 123 g/mol. The Morgan fingerprint density at radius 2 is 2.44 bits per heavy atom. The number of nitrogens with zero attached hydrogens (tertiary/aromatic N) is 7. The molecule has 0 saturated carbocycles. The highest BCUT2D eigenvalue weighted by atomic mass is 15.4. The molecule has 0 amide bonds. The van der Waals surface area contributed by atoms with E-state index in [1.807, 2.05) is 0 Å². The molecule has 7 nitrogen and oxygen atoms in total. The summed E-state index contributed by atoms with van der Waals surface area (Å²) in [7, 11) is 0. The quantitative estimate of drug-likeness (QED) is 0.302. The molecule has 0 saturated heterocycles. The molecular weight excluding hydrogens is 122 g/mol. The zero-order chi connectivity index (χ0) is 6.53. The molecule has 1 aromatic rings. The second-order valence-corrected chi connectivity index (χ2v) is 1.07. The summed E-state index contributed by atoms with van der Waals surface area (Å²) in [5.74, 6) is 0.118. The zero-order valence-corrected chi connectivity index (χ0v) is 4.21. The van der Waals surface area contributed by atoms with E-state index in [-0.39, 0.29) is 5.82 Å². The second kappa shape index (κ2) is 2.53. The van der Waals surface area contributed by atoms with Gasteiger partial charge in [-0.1, -0.05) is 0 Å². The Kier molecular flexibility index (Phi) is 1.52. The third kappa shape index (κ3) is 1.32. The summed E-state index contributed by atoms with van der Waals surface area (Å²) in [4.78, 5) is 2.46. The average molecular weight is 123 g/mol. The summed E-state index contributed by atoms with van der Waals surface area (Å²) in [5, 5.41) is 16.0. The third-order valence-electron chi connectivity index (χ3n) is 0.559. The summed E-state index contributed by atoms with van der Waals surface area (Å²) in [6, 6.07) is 0. The van der Waals surface area contributed by atoms with Crippen LogP contribution in [0.1, 0.15) is 0 Å². The van der Waals surface area contributed by atoms with E-state index in [4.69, 9.17) is 5.53 Å². The van der Waals surface area contributed by atoms with Crippen molar-refractivity contribution < 1.29 is 0 Å². The lowest BCUT2D eigenvalue weighted by Gasteiger charge is -1.79. The second-order valence-electron chi connectivity index (χ2n) is 1.07. The van der Waals surface area contributed by atoms with Gasteiger partial charge in [0, 0.05) is 4.91 Å². The van der Waals surface area contributed by atoms with E-state index in [1.54, 1.807) is 0 Å². The minimum Gasteiger partial charge on any atom is -0.135 e. The van der Waals surface area contributed by atoms with Crippen molar-refractivity contribution in [1.29, 1.82) is 0 Å². The molecule has 0 bridgehead atoms. The third-order valence-corrected chi connectivity index (χ3v) is 0.559. The van der Waals surface area contributed by atoms with Crippen LogP contribution in [0.25, 0.3) is 10.4 Å². The predicted molar refractivity (Wildman–Crippen MR) is 26.4 cm³/mol. The van der Waals surface area contributed by atoms with Crippen molar-refractivity contribution in [3.8, 4) is 0 Å². The van der Waals surface area contributed by atoms with Crippen LogP contribution in [0.4, 0.5) is 5.82 Å². The van der Waals surface area contributed by atoms with Crippen LogP contribution in [0, 0.1) is 0 Å². The van der Waals surface area contributed by atoms with E-state index in [9.17, 15) is 0 Å². The van der Waals surface area contributed by atoms with Gasteiger partial charge < -0.3 is 0 Å². The molecule has 7 heteroatoms. The highest BCUT2D eigenvalue weighted by Crippen LogP contribution is 1.98. The van der Waals surface area contributed by atoms with Crippen molar-refractivity contribution >= 4 is 5.82 Å². The maximum Gasteiger partial charge on any atom is 0.171 e. The molecule has 0 atom stereocenters. The number of hydrogen-bond donors (Lipinski definition) is 0. The fourth-order valence-electron chi connectivity index (χ4n) is 0.284. The van der Waals surface area contributed by atoms with Gasteiger partial charge in [0.2, 0.25) is 0 Å². The summed E-state index contributed by atoms with van der Waals surface area (Å²) in [5.41, 5.74) is 7.86. The summed E-state index contributed by atoms with van der Waals surface area (Å²) in [6.07, 6.45) is 1.21. The van der Waals surface area contributed by atoms with Crippen LogP contribution < -0.4 is 0 Å². The van der Waals surface area contributed by atoms with Gasteiger partial charge in [-0.2, -0.15) is 0 Å². The smallest absolute Gasteiger partial charge is 0.135 e. The van der Waals surface area contributed by atoms with Crippen LogP contribution in [0.5, 0.6) is 0 Å². The van der Waals surface area contributed by atoms with Crippen LogP contribution in [0.3, 0.4) is 0 Å². The predicted octanol–water partition coefficient (Wildman–Crippen LogP) is 0.208. The largest absolute Gasteiger partial charge is 0.171 e. The van der Waals surface area contributed by atoms with Gasteiger partial charge in [-0.3, -0.25) is 0 Å². The lowest BCUT2D eigenvalue weighted by atomic mass is 10.8. The van der Waals surface area contributed by atoms with Gasteiger partial charge in [-0.15, -0.1) is 10.2 Å². The number of aromatic nitrogens is 4. The van der Waals surface area contributed by atoms with Crippen LogP contribution >= 0.6 is 0 Å². The van der Waals surface area contributed by atoms with Crippen molar-refractivity contribution in [1.82, 2.24) is 20.6 Å². The zero-order valence-electron chi connectivity index (χ0n) is 4.21. The molecule has 1 rings (SSSR count). The number of hydrogen-bond acceptors (Lipinski definition) is 5. The van der Waals surface area contributed by atoms with E-state index in [0.29, 0.717) is 0 Å². The van der Waals surface area contributed by atoms with E-state index in [0.717, 1.165) is 0 Å². The molecular formula is C2HN7. The van der Waals surface area contributed by atoms with E-state index in [2.05, 4.69) is 30.7 Å².